The second-order valence-electron chi connectivity index (χ2n) is 5.15. The van der Waals surface area contributed by atoms with Gasteiger partial charge in [-0.2, -0.15) is 5.10 Å². The number of hydrogen-bond acceptors (Lipinski definition) is 8. The number of aliphatic hydroxyl groups is 4. The van der Waals surface area contributed by atoms with Crippen LogP contribution < -0.4 is 10.7 Å². The summed E-state index contributed by atoms with van der Waals surface area (Å²) in [4.78, 5) is 0. The second kappa shape index (κ2) is 8.33. The van der Waals surface area contributed by atoms with Gasteiger partial charge in [0.05, 0.1) is 12.8 Å². The van der Waals surface area contributed by atoms with Crippen molar-refractivity contribution >= 4 is 23.5 Å². The number of para-hydroxylation sites is 1. The van der Waals surface area contributed by atoms with Gasteiger partial charge in [0, 0.05) is 5.56 Å². The van der Waals surface area contributed by atoms with Crippen molar-refractivity contribution in [3.05, 3.63) is 29.8 Å². The minimum absolute atomic E-state index is 0.0222. The highest BCUT2D eigenvalue weighted by molar-refractivity contribution is 7.80. The monoisotopic (exact) mass is 357 g/mol. The number of hydrogen-bond donors (Lipinski definition) is 7. The van der Waals surface area contributed by atoms with E-state index in [1.54, 1.807) is 18.2 Å². The fourth-order valence-corrected chi connectivity index (χ4v) is 2.31. The summed E-state index contributed by atoms with van der Waals surface area (Å²) in [6.07, 6.45) is -5.22. The second-order valence-corrected chi connectivity index (χ2v) is 5.56. The van der Waals surface area contributed by atoms with Crippen molar-refractivity contribution < 1.29 is 30.3 Å². The molecule has 0 spiro atoms. The maximum absolute atomic E-state index is 9.87. The highest BCUT2D eigenvalue weighted by atomic mass is 32.1. The molecule has 0 bridgehead atoms. The van der Waals surface area contributed by atoms with E-state index in [9.17, 15) is 20.4 Å². The van der Waals surface area contributed by atoms with Crippen LogP contribution in [0, 0.1) is 0 Å². The predicted octanol–water partition coefficient (Wildman–Crippen LogP) is -2.01. The third-order valence-electron chi connectivity index (χ3n) is 3.47. The zero-order chi connectivity index (χ0) is 17.7. The van der Waals surface area contributed by atoms with E-state index in [1.807, 2.05) is 0 Å². The van der Waals surface area contributed by atoms with Crippen molar-refractivity contribution in [3.8, 4) is 5.75 Å². The molecule has 0 aromatic heterocycles. The zero-order valence-electron chi connectivity index (χ0n) is 12.5. The van der Waals surface area contributed by atoms with Gasteiger partial charge in [0.1, 0.15) is 30.2 Å². The average Bonchev–Trinajstić information content (AvgIpc) is 2.57. The fraction of sp³-hybridized carbons (Fsp3) is 0.429. The quantitative estimate of drug-likeness (QED) is 0.184. The summed E-state index contributed by atoms with van der Waals surface area (Å²) in [5.41, 5.74) is 2.94. The molecule has 24 heavy (non-hydrogen) atoms. The number of rotatable bonds is 4. The van der Waals surface area contributed by atoms with Crippen molar-refractivity contribution in [1.29, 1.82) is 0 Å². The van der Waals surface area contributed by atoms with Crippen molar-refractivity contribution in [2.75, 3.05) is 6.61 Å². The summed E-state index contributed by atoms with van der Waals surface area (Å²) < 4.78 is 5.24. The number of phenols is 1. The Bertz CT molecular complexity index is 600. The van der Waals surface area contributed by atoms with E-state index in [0.29, 0.717) is 5.56 Å². The van der Waals surface area contributed by atoms with Gasteiger partial charge >= 0.3 is 0 Å². The lowest BCUT2D eigenvalue weighted by Crippen LogP contribution is -2.63. The number of benzene rings is 1. The Morgan fingerprint density at radius 3 is 2.58 bits per heavy atom. The van der Waals surface area contributed by atoms with Crippen LogP contribution in [0.15, 0.2) is 29.4 Å². The molecular formula is C14H19N3O6S. The highest BCUT2D eigenvalue weighted by Crippen LogP contribution is 2.19. The van der Waals surface area contributed by atoms with Gasteiger partial charge in [-0.1, -0.05) is 12.1 Å². The zero-order valence-corrected chi connectivity index (χ0v) is 13.3. The van der Waals surface area contributed by atoms with Crippen LogP contribution in [0.25, 0.3) is 0 Å². The van der Waals surface area contributed by atoms with Gasteiger partial charge in [-0.3, -0.25) is 5.43 Å². The van der Waals surface area contributed by atoms with Crippen molar-refractivity contribution in [2.24, 2.45) is 5.10 Å². The van der Waals surface area contributed by atoms with Crippen molar-refractivity contribution in [3.63, 3.8) is 0 Å². The fourth-order valence-electron chi connectivity index (χ4n) is 2.14. The van der Waals surface area contributed by atoms with Crippen LogP contribution in [0.1, 0.15) is 5.56 Å². The lowest BCUT2D eigenvalue weighted by molar-refractivity contribution is -0.232. The smallest absolute Gasteiger partial charge is 0.189 e. The van der Waals surface area contributed by atoms with Gasteiger partial charge in [-0.05, 0) is 24.4 Å². The first-order chi connectivity index (χ1) is 11.4. The molecule has 0 saturated carbocycles. The molecule has 132 valence electrons. The molecule has 0 unspecified atom stereocenters. The molecule has 1 heterocycles. The summed E-state index contributed by atoms with van der Waals surface area (Å²) >= 11 is 4.98. The highest BCUT2D eigenvalue weighted by Gasteiger charge is 2.43. The van der Waals surface area contributed by atoms with Crippen molar-refractivity contribution in [1.82, 2.24) is 10.7 Å². The summed E-state index contributed by atoms with van der Waals surface area (Å²) in [5, 5.41) is 54.3. The van der Waals surface area contributed by atoms with Gasteiger partial charge in [0.2, 0.25) is 0 Å². The van der Waals surface area contributed by atoms with Gasteiger partial charge in [-0.15, -0.1) is 0 Å². The number of nitrogens with zero attached hydrogens (tertiary/aromatic N) is 1. The van der Waals surface area contributed by atoms with Crippen molar-refractivity contribution in [2.45, 2.75) is 30.6 Å². The molecule has 1 fully saturated rings. The van der Waals surface area contributed by atoms with Gasteiger partial charge < -0.3 is 35.6 Å². The minimum atomic E-state index is -1.50. The molecule has 1 aliphatic heterocycles. The number of aromatic hydroxyl groups is 1. The molecule has 2 rings (SSSR count). The Balaban J connectivity index is 1.91. The van der Waals surface area contributed by atoms with Crippen LogP contribution in [-0.2, 0) is 4.74 Å². The largest absolute Gasteiger partial charge is 0.507 e. The molecule has 0 aliphatic carbocycles. The molecule has 1 aromatic carbocycles. The van der Waals surface area contributed by atoms with E-state index in [4.69, 9.17) is 22.1 Å². The number of thiocarbonyl (C=S) groups is 1. The first-order valence-electron chi connectivity index (χ1n) is 7.12. The standard InChI is InChI=1S/C14H19N3O6S/c18-6-9-10(20)11(21)12(22)13(23-9)16-14(24)17-15-5-7-3-1-2-4-8(7)19/h1-5,9-13,18-22H,6H2,(H2,16,17,24)/b15-5+/t9-,10-,11+,12-,13-/m1/s1. The molecule has 1 aromatic rings. The number of ether oxygens (including phenoxy) is 1. The molecule has 0 amide bonds. The molecule has 9 nitrogen and oxygen atoms in total. The van der Waals surface area contributed by atoms with Crippen LogP contribution in [-0.4, -0.2) is 74.1 Å². The van der Waals surface area contributed by atoms with E-state index in [-0.39, 0.29) is 10.9 Å². The molecular weight excluding hydrogens is 338 g/mol. The Kier molecular flexibility index (Phi) is 6.43. The van der Waals surface area contributed by atoms with Crippen LogP contribution in [0.3, 0.4) is 0 Å². The summed E-state index contributed by atoms with van der Waals surface area (Å²) in [6.45, 7) is -0.533. The normalized spacial score (nSPS) is 30.2. The third kappa shape index (κ3) is 4.38. The molecule has 0 radical (unpaired) electrons. The molecule has 5 atom stereocenters. The predicted molar refractivity (Wildman–Crippen MR) is 88.3 cm³/mol. The number of hydrazone groups is 1. The van der Waals surface area contributed by atoms with Crippen LogP contribution in [0.2, 0.25) is 0 Å². The van der Waals surface area contributed by atoms with E-state index < -0.39 is 37.3 Å². The first-order valence-corrected chi connectivity index (χ1v) is 7.53. The topological polar surface area (TPSA) is 147 Å². The Labute approximate surface area is 143 Å². The minimum Gasteiger partial charge on any atom is -0.507 e. The Morgan fingerprint density at radius 2 is 1.92 bits per heavy atom. The number of aliphatic hydroxyl groups excluding tert-OH is 4. The van der Waals surface area contributed by atoms with Crippen LogP contribution in [0.4, 0.5) is 0 Å². The lowest BCUT2D eigenvalue weighted by Gasteiger charge is -2.40. The Morgan fingerprint density at radius 1 is 1.21 bits per heavy atom. The first kappa shape index (κ1) is 18.5. The Hall–Kier alpha value is -1.82. The summed E-state index contributed by atoms with van der Waals surface area (Å²) in [5.74, 6) is 0.0517. The molecule has 10 heteroatoms. The average molecular weight is 357 g/mol. The number of nitrogens with one attached hydrogen (secondary N) is 2. The van der Waals surface area contributed by atoms with E-state index in [1.165, 1.54) is 12.3 Å². The van der Waals surface area contributed by atoms with Gasteiger partial charge in [0.15, 0.2) is 11.3 Å². The molecule has 1 saturated heterocycles. The number of phenolic OH excluding ortho intramolecular Hbond substituents is 1. The van der Waals surface area contributed by atoms with Gasteiger partial charge in [0.25, 0.3) is 0 Å². The van der Waals surface area contributed by atoms with E-state index in [2.05, 4.69) is 15.8 Å². The summed E-state index contributed by atoms with van der Waals surface area (Å²) in [7, 11) is 0. The maximum Gasteiger partial charge on any atom is 0.189 e. The third-order valence-corrected chi connectivity index (χ3v) is 3.68. The SMILES string of the molecule is OC[C@H]1O[C@@H](NC(=S)N/N=C/c2ccccc2O)[C@H](O)[C@@H](O)[C@@H]1O. The lowest BCUT2D eigenvalue weighted by atomic mass is 9.98. The summed E-state index contributed by atoms with van der Waals surface area (Å²) in [6, 6.07) is 6.55. The van der Waals surface area contributed by atoms with Crippen LogP contribution in [0.5, 0.6) is 5.75 Å². The maximum atomic E-state index is 9.87. The van der Waals surface area contributed by atoms with Gasteiger partial charge in [-0.25, -0.2) is 0 Å². The molecule has 1 aliphatic rings. The van der Waals surface area contributed by atoms with E-state index >= 15 is 0 Å². The van der Waals surface area contributed by atoms with Crippen LogP contribution >= 0.6 is 12.2 Å². The van der Waals surface area contributed by atoms with E-state index in [0.717, 1.165) is 0 Å². The molecule has 7 N–H and O–H groups in total.